The molecule has 2 atom stereocenters. The number of rotatable bonds is 3. The molecule has 3 heterocycles. The van der Waals surface area contributed by atoms with Crippen molar-refractivity contribution in [2.45, 2.75) is 12.3 Å². The third-order valence-corrected chi connectivity index (χ3v) is 7.88. The van der Waals surface area contributed by atoms with E-state index in [4.69, 9.17) is 14.5 Å². The minimum absolute atomic E-state index is 0.0751. The number of nitrogens with two attached hydrogens (primary N) is 1. The summed E-state index contributed by atoms with van der Waals surface area (Å²) in [5, 5.41) is 2.26. The highest BCUT2D eigenvalue weighted by molar-refractivity contribution is 5.94. The van der Waals surface area contributed by atoms with Crippen molar-refractivity contribution in [1.29, 1.82) is 0 Å². The van der Waals surface area contributed by atoms with E-state index < -0.39 is 0 Å². The molecule has 5 aromatic rings. The van der Waals surface area contributed by atoms with Crippen molar-refractivity contribution < 1.29 is 14.8 Å². The second-order valence-corrected chi connectivity index (χ2v) is 10.2. The van der Waals surface area contributed by atoms with Crippen LogP contribution in [0.2, 0.25) is 0 Å². The number of nitrogens with zero attached hydrogens (tertiary/aromatic N) is 3. The molecule has 5 aromatic carbocycles. The molecule has 2 unspecified atom stereocenters. The fourth-order valence-corrected chi connectivity index (χ4v) is 5.99. The smallest absolute Gasteiger partial charge is 0.230 e. The molecule has 0 fully saturated rings. The van der Waals surface area contributed by atoms with Gasteiger partial charge in [0.15, 0.2) is 29.2 Å². The lowest BCUT2D eigenvalue weighted by molar-refractivity contribution is -0.621. The van der Waals surface area contributed by atoms with Gasteiger partial charge in [0.25, 0.3) is 0 Å². The molecule has 0 saturated heterocycles. The van der Waals surface area contributed by atoms with Crippen LogP contribution in [0.25, 0.3) is 0 Å². The average Bonchev–Trinajstić information content (AvgIpc) is 3.02. The van der Waals surface area contributed by atoms with Crippen LogP contribution < -0.4 is 19.7 Å². The summed E-state index contributed by atoms with van der Waals surface area (Å²) >= 11 is 0. The fraction of sp³-hybridized carbons (Fsp3) is 0.0882. The number of para-hydroxylation sites is 4. The molecule has 6 heteroatoms. The predicted molar refractivity (Wildman–Crippen MR) is 156 cm³/mol. The van der Waals surface area contributed by atoms with E-state index in [2.05, 4.69) is 95.0 Å². The van der Waals surface area contributed by atoms with E-state index in [1.54, 1.807) is 0 Å². The van der Waals surface area contributed by atoms with E-state index in [1.807, 2.05) is 48.5 Å². The SMILES string of the molecule is CN1C(c2ccccc2)N=C(c2ccccc2)[NH2+]C1c1cccc2c1Oc1cccc3c1N2c1ccccc1O3. The molecule has 3 aliphatic rings. The number of hydrogen-bond acceptors (Lipinski definition) is 5. The largest absolute Gasteiger partial charge is 0.453 e. The van der Waals surface area contributed by atoms with E-state index >= 15 is 0 Å². The van der Waals surface area contributed by atoms with Crippen LogP contribution in [0.15, 0.2) is 126 Å². The molecule has 0 aliphatic carbocycles. The molecule has 0 spiro atoms. The topological polar surface area (TPSA) is 53.9 Å². The van der Waals surface area contributed by atoms with Crippen molar-refractivity contribution in [3.63, 3.8) is 0 Å². The molecule has 40 heavy (non-hydrogen) atoms. The van der Waals surface area contributed by atoms with Crippen LogP contribution in [0.4, 0.5) is 17.1 Å². The van der Waals surface area contributed by atoms with Crippen molar-refractivity contribution in [2.75, 3.05) is 11.9 Å². The Morgan fingerprint density at radius 1 is 0.650 bits per heavy atom. The molecule has 0 amide bonds. The first-order valence-corrected chi connectivity index (χ1v) is 13.5. The van der Waals surface area contributed by atoms with Crippen molar-refractivity contribution in [3.8, 4) is 23.0 Å². The third kappa shape index (κ3) is 3.54. The van der Waals surface area contributed by atoms with Crippen molar-refractivity contribution >= 4 is 22.9 Å². The summed E-state index contributed by atoms with van der Waals surface area (Å²) < 4.78 is 13.0. The van der Waals surface area contributed by atoms with Crippen LogP contribution in [0.3, 0.4) is 0 Å². The van der Waals surface area contributed by atoms with E-state index in [0.29, 0.717) is 0 Å². The Labute approximate surface area is 232 Å². The Hall–Kier alpha value is -4.91. The maximum atomic E-state index is 6.75. The summed E-state index contributed by atoms with van der Waals surface area (Å²) in [4.78, 5) is 9.82. The summed E-state index contributed by atoms with van der Waals surface area (Å²) in [6, 6.07) is 41.5. The molecule has 194 valence electrons. The summed E-state index contributed by atoms with van der Waals surface area (Å²) in [6.07, 6.45) is -0.220. The number of hydrogen-bond donors (Lipinski definition) is 1. The summed E-state index contributed by atoms with van der Waals surface area (Å²) in [7, 11) is 2.14. The summed E-state index contributed by atoms with van der Waals surface area (Å²) in [6.45, 7) is 0. The lowest BCUT2D eigenvalue weighted by Crippen LogP contribution is -2.93. The highest BCUT2D eigenvalue weighted by Gasteiger charge is 2.41. The number of amidine groups is 1. The van der Waals surface area contributed by atoms with Gasteiger partial charge in [-0.2, -0.15) is 0 Å². The first-order chi connectivity index (χ1) is 19.8. The van der Waals surface area contributed by atoms with Gasteiger partial charge >= 0.3 is 0 Å². The van der Waals surface area contributed by atoms with Gasteiger partial charge in [0.2, 0.25) is 5.84 Å². The predicted octanol–water partition coefficient (Wildman–Crippen LogP) is 7.02. The first kappa shape index (κ1) is 23.0. The van der Waals surface area contributed by atoms with Gasteiger partial charge in [-0.15, -0.1) is 0 Å². The van der Waals surface area contributed by atoms with Gasteiger partial charge in [-0.25, -0.2) is 9.89 Å². The molecular formula is C34H27N4O2+. The van der Waals surface area contributed by atoms with Crippen LogP contribution in [0, 0.1) is 0 Å². The normalized spacial score (nSPS) is 18.9. The van der Waals surface area contributed by atoms with Crippen LogP contribution >= 0.6 is 0 Å². The minimum atomic E-state index is -0.145. The zero-order valence-corrected chi connectivity index (χ0v) is 21.9. The Morgan fingerprint density at radius 2 is 1.30 bits per heavy atom. The lowest BCUT2D eigenvalue weighted by Gasteiger charge is -2.40. The fourth-order valence-electron chi connectivity index (χ4n) is 5.99. The van der Waals surface area contributed by atoms with Crippen molar-refractivity contribution in [3.05, 3.63) is 138 Å². The molecular weight excluding hydrogens is 496 g/mol. The Balaban J connectivity index is 1.29. The summed E-state index contributed by atoms with van der Waals surface area (Å²) in [5.74, 6) is 4.22. The molecule has 0 radical (unpaired) electrons. The molecule has 0 saturated carbocycles. The van der Waals surface area contributed by atoms with E-state index in [0.717, 1.165) is 62.6 Å². The Kier molecular flexibility index (Phi) is 5.23. The molecule has 6 nitrogen and oxygen atoms in total. The second kappa shape index (κ2) is 9.09. The quantitative estimate of drug-likeness (QED) is 0.270. The van der Waals surface area contributed by atoms with Gasteiger partial charge in [0.1, 0.15) is 11.9 Å². The standard InChI is InChI=1S/C34H26N4O2/c1-37-33(23-14-6-3-7-15-23)35-32(22-12-4-2-5-13-22)36-34(37)24-16-10-18-26-31(24)40-29-21-11-20-28-30(29)38(26)25-17-8-9-19-27(25)39-28/h2-21,33-34H,1H3,(H,35,36)/p+1. The molecule has 8 rings (SSSR count). The number of ether oxygens (including phenoxy) is 2. The highest BCUT2D eigenvalue weighted by Crippen LogP contribution is 2.60. The minimum Gasteiger partial charge on any atom is -0.453 e. The average molecular weight is 524 g/mol. The number of anilines is 3. The molecule has 0 bridgehead atoms. The van der Waals surface area contributed by atoms with Gasteiger partial charge in [0, 0.05) is 0 Å². The second-order valence-electron chi connectivity index (χ2n) is 10.2. The van der Waals surface area contributed by atoms with Crippen LogP contribution in [-0.4, -0.2) is 17.8 Å². The van der Waals surface area contributed by atoms with Crippen LogP contribution in [0.5, 0.6) is 23.0 Å². The maximum Gasteiger partial charge on any atom is 0.230 e. The van der Waals surface area contributed by atoms with Crippen LogP contribution in [-0.2, 0) is 0 Å². The van der Waals surface area contributed by atoms with Crippen molar-refractivity contribution in [1.82, 2.24) is 4.90 Å². The van der Waals surface area contributed by atoms with Gasteiger partial charge in [0.05, 0.1) is 22.5 Å². The third-order valence-electron chi connectivity index (χ3n) is 7.88. The highest BCUT2D eigenvalue weighted by atomic mass is 16.5. The molecule has 2 N–H and O–H groups in total. The molecule has 0 aromatic heterocycles. The monoisotopic (exact) mass is 523 g/mol. The summed E-state index contributed by atoms with van der Waals surface area (Å²) in [5.41, 5.74) is 6.27. The number of quaternary nitrogens is 1. The van der Waals surface area contributed by atoms with Gasteiger partial charge in [-0.1, -0.05) is 72.8 Å². The molecule has 3 aliphatic heterocycles. The van der Waals surface area contributed by atoms with Crippen LogP contribution in [0.1, 0.15) is 29.0 Å². The first-order valence-electron chi connectivity index (χ1n) is 13.5. The van der Waals surface area contributed by atoms with Gasteiger partial charge in [-0.05, 0) is 61.1 Å². The Morgan fingerprint density at radius 3 is 2.12 bits per heavy atom. The zero-order chi connectivity index (χ0) is 26.6. The van der Waals surface area contributed by atoms with E-state index in [1.165, 1.54) is 0 Å². The van der Waals surface area contributed by atoms with Crippen molar-refractivity contribution in [2.24, 2.45) is 4.99 Å². The number of fused-ring (bicyclic) bond motifs is 4. The zero-order valence-electron chi connectivity index (χ0n) is 21.9. The number of aliphatic imine (C=N–C) groups is 1. The van der Waals surface area contributed by atoms with Gasteiger partial charge < -0.3 is 9.47 Å². The Bertz CT molecular complexity index is 1770. The van der Waals surface area contributed by atoms with Gasteiger partial charge in [-0.3, -0.25) is 10.2 Å². The lowest BCUT2D eigenvalue weighted by atomic mass is 10.0. The maximum absolute atomic E-state index is 6.75. The van der Waals surface area contributed by atoms with E-state index in [-0.39, 0.29) is 12.3 Å². The van der Waals surface area contributed by atoms with E-state index in [9.17, 15) is 0 Å². The number of benzene rings is 5.